The Labute approximate surface area is 156 Å². The fourth-order valence-corrected chi connectivity index (χ4v) is 3.17. The minimum Gasteiger partial charge on any atom is -0.353 e. The lowest BCUT2D eigenvalue weighted by atomic mass is 10.2. The van der Waals surface area contributed by atoms with Gasteiger partial charge in [-0.05, 0) is 20.8 Å². The van der Waals surface area contributed by atoms with E-state index in [9.17, 15) is 4.79 Å². The molecule has 0 unspecified atom stereocenters. The number of hydrogen-bond donors (Lipinski definition) is 0. The number of amides is 1. The molecule has 9 heteroatoms. The van der Waals surface area contributed by atoms with Crippen LogP contribution in [0.1, 0.15) is 27.8 Å². The number of piperazine rings is 1. The van der Waals surface area contributed by atoms with Gasteiger partial charge in [-0.25, -0.2) is 15.0 Å². The van der Waals surface area contributed by atoms with E-state index >= 15 is 0 Å². The van der Waals surface area contributed by atoms with Crippen LogP contribution in [0.5, 0.6) is 0 Å². The van der Waals surface area contributed by atoms with Crippen molar-refractivity contribution in [3.05, 3.63) is 47.6 Å². The second-order valence-electron chi connectivity index (χ2n) is 6.57. The van der Waals surface area contributed by atoms with Gasteiger partial charge in [-0.2, -0.15) is 0 Å². The normalized spacial score (nSPS) is 14.6. The Hall–Kier alpha value is -3.23. The highest BCUT2D eigenvalue weighted by Crippen LogP contribution is 2.20. The number of aryl methyl sites for hydroxylation is 2. The molecule has 0 radical (unpaired) electrons. The zero-order chi connectivity index (χ0) is 19.0. The SMILES string of the molecule is Cc1nc(N2CCN(C(=O)c3ccno3)CC2)cc(-n2cnc(C)c2C)n1. The van der Waals surface area contributed by atoms with Crippen LogP contribution in [0, 0.1) is 20.8 Å². The summed E-state index contributed by atoms with van der Waals surface area (Å²) in [5, 5.41) is 3.60. The molecule has 0 bridgehead atoms. The molecule has 0 saturated carbocycles. The molecule has 0 N–H and O–H groups in total. The van der Waals surface area contributed by atoms with Gasteiger partial charge in [-0.3, -0.25) is 9.36 Å². The Balaban J connectivity index is 1.52. The van der Waals surface area contributed by atoms with Crippen LogP contribution < -0.4 is 4.90 Å². The quantitative estimate of drug-likeness (QED) is 0.693. The number of imidazole rings is 1. The van der Waals surface area contributed by atoms with Gasteiger partial charge in [0, 0.05) is 44.0 Å². The number of carbonyl (C=O) groups is 1. The van der Waals surface area contributed by atoms with E-state index < -0.39 is 0 Å². The molecule has 1 fully saturated rings. The summed E-state index contributed by atoms with van der Waals surface area (Å²) in [6.45, 7) is 8.46. The molecule has 0 aliphatic carbocycles. The van der Waals surface area contributed by atoms with Crippen LogP contribution in [-0.4, -0.2) is 61.7 Å². The van der Waals surface area contributed by atoms with Crippen molar-refractivity contribution in [1.82, 2.24) is 29.6 Å². The monoisotopic (exact) mass is 367 g/mol. The predicted molar refractivity (Wildman–Crippen MR) is 98.0 cm³/mol. The summed E-state index contributed by atoms with van der Waals surface area (Å²) in [5.74, 6) is 2.50. The number of anilines is 1. The van der Waals surface area contributed by atoms with Gasteiger partial charge < -0.3 is 14.3 Å². The minimum atomic E-state index is -0.128. The first kappa shape index (κ1) is 17.2. The van der Waals surface area contributed by atoms with E-state index in [1.165, 1.54) is 6.20 Å². The summed E-state index contributed by atoms with van der Waals surface area (Å²) in [7, 11) is 0. The summed E-state index contributed by atoms with van der Waals surface area (Å²) in [6, 6.07) is 3.55. The molecule has 1 aliphatic rings. The largest absolute Gasteiger partial charge is 0.353 e. The van der Waals surface area contributed by atoms with Crippen LogP contribution in [0.4, 0.5) is 5.82 Å². The van der Waals surface area contributed by atoms with E-state index in [-0.39, 0.29) is 11.7 Å². The molecule has 27 heavy (non-hydrogen) atoms. The smallest absolute Gasteiger partial charge is 0.292 e. The highest BCUT2D eigenvalue weighted by atomic mass is 16.5. The second kappa shape index (κ2) is 6.82. The number of carbonyl (C=O) groups excluding carboxylic acids is 1. The molecule has 3 aromatic rings. The van der Waals surface area contributed by atoms with Crippen molar-refractivity contribution in [2.75, 3.05) is 31.1 Å². The van der Waals surface area contributed by atoms with E-state index in [4.69, 9.17) is 4.52 Å². The van der Waals surface area contributed by atoms with E-state index in [1.807, 2.05) is 31.4 Å². The Morgan fingerprint density at radius 3 is 2.44 bits per heavy atom. The van der Waals surface area contributed by atoms with Crippen LogP contribution in [0.3, 0.4) is 0 Å². The number of hydrogen-bond acceptors (Lipinski definition) is 7. The third kappa shape index (κ3) is 3.27. The maximum atomic E-state index is 12.4. The van der Waals surface area contributed by atoms with Crippen LogP contribution in [-0.2, 0) is 0 Å². The third-order valence-electron chi connectivity index (χ3n) is 4.85. The van der Waals surface area contributed by atoms with Crippen molar-refractivity contribution in [1.29, 1.82) is 0 Å². The van der Waals surface area contributed by atoms with Gasteiger partial charge in [-0.1, -0.05) is 5.16 Å². The molecular weight excluding hydrogens is 346 g/mol. The lowest BCUT2D eigenvalue weighted by Gasteiger charge is -2.35. The van der Waals surface area contributed by atoms with Gasteiger partial charge in [0.05, 0.1) is 11.9 Å². The number of rotatable bonds is 3. The van der Waals surface area contributed by atoms with Crippen molar-refractivity contribution < 1.29 is 9.32 Å². The van der Waals surface area contributed by atoms with Crippen molar-refractivity contribution in [3.8, 4) is 5.82 Å². The summed E-state index contributed by atoms with van der Waals surface area (Å²) in [4.78, 5) is 29.8. The lowest BCUT2D eigenvalue weighted by molar-refractivity contribution is 0.0704. The lowest BCUT2D eigenvalue weighted by Crippen LogP contribution is -2.49. The number of aromatic nitrogens is 5. The van der Waals surface area contributed by atoms with E-state index in [0.717, 1.165) is 23.0 Å². The first-order valence-electron chi connectivity index (χ1n) is 8.84. The van der Waals surface area contributed by atoms with E-state index in [0.29, 0.717) is 32.0 Å². The average molecular weight is 367 g/mol. The van der Waals surface area contributed by atoms with Crippen molar-refractivity contribution in [2.45, 2.75) is 20.8 Å². The zero-order valence-electron chi connectivity index (χ0n) is 15.6. The van der Waals surface area contributed by atoms with E-state index in [1.54, 1.807) is 17.3 Å². The Bertz CT molecular complexity index is 956. The van der Waals surface area contributed by atoms with Crippen molar-refractivity contribution in [3.63, 3.8) is 0 Å². The molecule has 9 nitrogen and oxygen atoms in total. The van der Waals surface area contributed by atoms with Crippen LogP contribution in [0.25, 0.3) is 5.82 Å². The average Bonchev–Trinajstić information content (AvgIpc) is 3.32. The summed E-state index contributed by atoms with van der Waals surface area (Å²) >= 11 is 0. The first-order valence-corrected chi connectivity index (χ1v) is 8.84. The van der Waals surface area contributed by atoms with Gasteiger partial charge >= 0.3 is 0 Å². The van der Waals surface area contributed by atoms with Crippen molar-refractivity contribution in [2.24, 2.45) is 0 Å². The fraction of sp³-hybridized carbons (Fsp3) is 0.389. The Morgan fingerprint density at radius 1 is 1.07 bits per heavy atom. The molecule has 1 aliphatic heterocycles. The van der Waals surface area contributed by atoms with Gasteiger partial charge in [0.1, 0.15) is 23.8 Å². The van der Waals surface area contributed by atoms with Crippen LogP contribution in [0.2, 0.25) is 0 Å². The summed E-state index contributed by atoms with van der Waals surface area (Å²) < 4.78 is 6.94. The highest BCUT2D eigenvalue weighted by molar-refractivity contribution is 5.91. The van der Waals surface area contributed by atoms with Gasteiger partial charge in [-0.15, -0.1) is 0 Å². The fourth-order valence-electron chi connectivity index (χ4n) is 3.17. The number of nitrogens with zero attached hydrogens (tertiary/aromatic N) is 7. The molecule has 140 valence electrons. The molecule has 1 amide bonds. The molecule has 0 spiro atoms. The van der Waals surface area contributed by atoms with Gasteiger partial charge in [0.25, 0.3) is 5.91 Å². The van der Waals surface area contributed by atoms with Crippen molar-refractivity contribution >= 4 is 11.7 Å². The molecule has 0 atom stereocenters. The third-order valence-corrected chi connectivity index (χ3v) is 4.85. The topological polar surface area (TPSA) is 93.2 Å². The van der Waals surface area contributed by atoms with Crippen LogP contribution in [0.15, 0.2) is 29.2 Å². The Kier molecular flexibility index (Phi) is 4.35. The maximum Gasteiger partial charge on any atom is 0.292 e. The predicted octanol–water partition coefficient (Wildman–Crippen LogP) is 1.54. The van der Waals surface area contributed by atoms with E-state index in [2.05, 4.69) is 25.0 Å². The summed E-state index contributed by atoms with van der Waals surface area (Å²) in [5.41, 5.74) is 2.04. The molecule has 0 aromatic carbocycles. The first-order chi connectivity index (χ1) is 13.0. The molecule has 4 rings (SSSR count). The Morgan fingerprint density at radius 2 is 1.81 bits per heavy atom. The second-order valence-corrected chi connectivity index (χ2v) is 6.57. The minimum absolute atomic E-state index is 0.128. The molecular formula is C18H21N7O2. The molecule has 4 heterocycles. The molecule has 3 aromatic heterocycles. The van der Waals surface area contributed by atoms with Gasteiger partial charge in [0.2, 0.25) is 5.76 Å². The summed E-state index contributed by atoms with van der Waals surface area (Å²) in [6.07, 6.45) is 3.26. The zero-order valence-corrected chi connectivity index (χ0v) is 15.6. The standard InChI is InChI=1S/C18H21N7O2/c1-12-13(2)25(11-19-12)17-10-16(21-14(3)22-17)23-6-8-24(9-7-23)18(26)15-4-5-20-27-15/h4-5,10-11H,6-9H2,1-3H3. The maximum absolute atomic E-state index is 12.4. The van der Waals surface area contributed by atoms with Gasteiger partial charge in [0.15, 0.2) is 0 Å². The highest BCUT2D eigenvalue weighted by Gasteiger charge is 2.25. The molecule has 1 saturated heterocycles. The van der Waals surface area contributed by atoms with Crippen LogP contribution >= 0.6 is 0 Å².